The Morgan fingerprint density at radius 2 is 2.00 bits per heavy atom. The van der Waals surface area contributed by atoms with Gasteiger partial charge in [0.05, 0.1) is 0 Å². The molecule has 2 atom stereocenters. The van der Waals surface area contributed by atoms with Crippen LogP contribution in [0.5, 0.6) is 0 Å². The van der Waals surface area contributed by atoms with E-state index in [1.54, 1.807) is 0 Å². The fourth-order valence-electron chi connectivity index (χ4n) is 1.89. The third-order valence-electron chi connectivity index (χ3n) is 3.25. The van der Waals surface area contributed by atoms with E-state index >= 15 is 0 Å². The normalized spacial score (nSPS) is 14.9. The number of nitrogens with one attached hydrogen (secondary N) is 1. The quantitative estimate of drug-likeness (QED) is 0.423. The molecule has 0 aromatic heterocycles. The maximum Gasteiger partial charge on any atom is 0.00665 e. The van der Waals surface area contributed by atoms with E-state index in [1.807, 2.05) is 6.08 Å². The summed E-state index contributed by atoms with van der Waals surface area (Å²) >= 11 is 0. The highest BCUT2D eigenvalue weighted by Crippen LogP contribution is 2.14. The molecule has 90 valence electrons. The van der Waals surface area contributed by atoms with Crippen molar-refractivity contribution in [3.63, 3.8) is 0 Å². The number of allylic oxidation sites excluding steroid dienone is 1. The fourth-order valence-corrected chi connectivity index (χ4v) is 1.89. The molecule has 2 unspecified atom stereocenters. The van der Waals surface area contributed by atoms with Gasteiger partial charge in [0.2, 0.25) is 0 Å². The molecule has 0 rings (SSSR count). The summed E-state index contributed by atoms with van der Waals surface area (Å²) in [5.74, 6) is 0.857. The molecule has 0 aromatic rings. The minimum absolute atomic E-state index is 0.726. The Balaban J connectivity index is 3.47. The van der Waals surface area contributed by atoms with Gasteiger partial charge in [-0.2, -0.15) is 0 Å². The fraction of sp³-hybridized carbons (Fsp3) is 0.857. The van der Waals surface area contributed by atoms with Crippen LogP contribution in [0, 0.1) is 5.92 Å². The molecule has 1 N–H and O–H groups in total. The zero-order chi connectivity index (χ0) is 11.5. The Bertz CT molecular complexity index is 142. The topological polar surface area (TPSA) is 12.0 Å². The molecule has 0 aliphatic rings. The van der Waals surface area contributed by atoms with E-state index in [0.717, 1.165) is 12.0 Å². The van der Waals surface area contributed by atoms with Crippen molar-refractivity contribution < 1.29 is 0 Å². The van der Waals surface area contributed by atoms with Crippen molar-refractivity contribution in [2.24, 2.45) is 5.92 Å². The Morgan fingerprint density at radius 1 is 1.27 bits per heavy atom. The highest BCUT2D eigenvalue weighted by Gasteiger charge is 2.09. The first-order valence-electron chi connectivity index (χ1n) is 6.52. The molecule has 0 fully saturated rings. The second-order valence-electron chi connectivity index (χ2n) is 4.66. The summed E-state index contributed by atoms with van der Waals surface area (Å²) in [6.45, 7) is 8.38. The van der Waals surface area contributed by atoms with E-state index in [4.69, 9.17) is 0 Å². The zero-order valence-electron chi connectivity index (χ0n) is 10.9. The van der Waals surface area contributed by atoms with Crippen molar-refractivity contribution in [2.75, 3.05) is 7.05 Å². The summed E-state index contributed by atoms with van der Waals surface area (Å²) in [5, 5.41) is 3.44. The number of hydrogen-bond donors (Lipinski definition) is 1. The summed E-state index contributed by atoms with van der Waals surface area (Å²) in [5.41, 5.74) is 0. The van der Waals surface area contributed by atoms with Gasteiger partial charge in [-0.1, -0.05) is 39.2 Å². The molecule has 1 heteroatoms. The second kappa shape index (κ2) is 10.2. The highest BCUT2D eigenvalue weighted by molar-refractivity contribution is 4.69. The summed E-state index contributed by atoms with van der Waals surface area (Å²) in [4.78, 5) is 0. The van der Waals surface area contributed by atoms with E-state index in [-0.39, 0.29) is 0 Å². The van der Waals surface area contributed by atoms with E-state index in [1.165, 1.54) is 44.9 Å². The highest BCUT2D eigenvalue weighted by atomic mass is 14.9. The minimum atomic E-state index is 0.726. The molecular formula is C14H29N. The Morgan fingerprint density at radius 3 is 2.53 bits per heavy atom. The summed E-state index contributed by atoms with van der Waals surface area (Å²) < 4.78 is 0. The first-order valence-corrected chi connectivity index (χ1v) is 6.52. The van der Waals surface area contributed by atoms with Gasteiger partial charge in [-0.25, -0.2) is 0 Å². The summed E-state index contributed by atoms with van der Waals surface area (Å²) in [6.07, 6.45) is 11.2. The molecule has 15 heavy (non-hydrogen) atoms. The van der Waals surface area contributed by atoms with Gasteiger partial charge in [-0.3, -0.25) is 0 Å². The lowest BCUT2D eigenvalue weighted by Gasteiger charge is -2.19. The Kier molecular flexibility index (Phi) is 10.0. The van der Waals surface area contributed by atoms with Crippen LogP contribution in [-0.2, 0) is 0 Å². The third kappa shape index (κ3) is 8.68. The lowest BCUT2D eigenvalue weighted by molar-refractivity contribution is 0.384. The molecule has 0 aliphatic carbocycles. The molecule has 0 aromatic carbocycles. The van der Waals surface area contributed by atoms with Gasteiger partial charge in [0.15, 0.2) is 0 Å². The molecule has 0 amide bonds. The monoisotopic (exact) mass is 211 g/mol. The maximum atomic E-state index is 3.75. The summed E-state index contributed by atoms with van der Waals surface area (Å²) in [7, 11) is 2.09. The van der Waals surface area contributed by atoms with Crippen LogP contribution in [-0.4, -0.2) is 13.1 Å². The maximum absolute atomic E-state index is 3.75. The van der Waals surface area contributed by atoms with Gasteiger partial charge in [-0.05, 0) is 38.6 Å². The van der Waals surface area contributed by atoms with Crippen molar-refractivity contribution >= 4 is 0 Å². The molecule has 0 aliphatic heterocycles. The first kappa shape index (κ1) is 14.7. The van der Waals surface area contributed by atoms with Crippen molar-refractivity contribution in [1.29, 1.82) is 0 Å². The predicted octanol–water partition coefficient (Wildman–Crippen LogP) is 4.15. The van der Waals surface area contributed by atoms with Gasteiger partial charge in [0.25, 0.3) is 0 Å². The Labute approximate surface area is 96.3 Å². The number of hydrogen-bond acceptors (Lipinski definition) is 1. The van der Waals surface area contributed by atoms with Crippen molar-refractivity contribution in [3.8, 4) is 0 Å². The minimum Gasteiger partial charge on any atom is -0.317 e. The van der Waals surface area contributed by atoms with Crippen LogP contribution in [0.1, 0.15) is 58.8 Å². The van der Waals surface area contributed by atoms with Gasteiger partial charge >= 0.3 is 0 Å². The SMILES string of the molecule is C=CCCCCCC(CC(C)CC)NC. The predicted molar refractivity (Wildman–Crippen MR) is 70.2 cm³/mol. The van der Waals surface area contributed by atoms with E-state index in [9.17, 15) is 0 Å². The molecule has 0 heterocycles. The molecule has 0 radical (unpaired) electrons. The van der Waals surface area contributed by atoms with Crippen molar-refractivity contribution in [2.45, 2.75) is 64.8 Å². The van der Waals surface area contributed by atoms with E-state index < -0.39 is 0 Å². The largest absolute Gasteiger partial charge is 0.317 e. The molecule has 0 bridgehead atoms. The standard InChI is InChI=1S/C14H29N/c1-5-7-8-9-10-11-14(15-4)12-13(3)6-2/h5,13-15H,1,6-12H2,2-4H3. The number of rotatable bonds is 10. The van der Waals surface area contributed by atoms with Gasteiger partial charge < -0.3 is 5.32 Å². The average molecular weight is 211 g/mol. The lowest BCUT2D eigenvalue weighted by Crippen LogP contribution is -2.27. The third-order valence-corrected chi connectivity index (χ3v) is 3.25. The van der Waals surface area contributed by atoms with Crippen molar-refractivity contribution in [3.05, 3.63) is 12.7 Å². The molecule has 0 saturated heterocycles. The van der Waals surface area contributed by atoms with Gasteiger partial charge in [0, 0.05) is 6.04 Å². The van der Waals surface area contributed by atoms with Crippen LogP contribution in [0.3, 0.4) is 0 Å². The van der Waals surface area contributed by atoms with Gasteiger partial charge in [0.1, 0.15) is 0 Å². The van der Waals surface area contributed by atoms with Crippen LogP contribution in [0.15, 0.2) is 12.7 Å². The molecule has 1 nitrogen and oxygen atoms in total. The van der Waals surface area contributed by atoms with Gasteiger partial charge in [-0.15, -0.1) is 6.58 Å². The smallest absolute Gasteiger partial charge is 0.00665 e. The van der Waals surface area contributed by atoms with Crippen molar-refractivity contribution in [1.82, 2.24) is 5.32 Å². The first-order chi connectivity index (χ1) is 7.24. The summed E-state index contributed by atoms with van der Waals surface area (Å²) in [6, 6.07) is 0.726. The van der Waals surface area contributed by atoms with E-state index in [2.05, 4.69) is 32.8 Å². The van der Waals surface area contributed by atoms with E-state index in [0.29, 0.717) is 0 Å². The van der Waals surface area contributed by atoms with Crippen LogP contribution >= 0.6 is 0 Å². The number of unbranched alkanes of at least 4 members (excludes halogenated alkanes) is 3. The second-order valence-corrected chi connectivity index (χ2v) is 4.66. The zero-order valence-corrected chi connectivity index (χ0v) is 10.9. The molecule has 0 saturated carbocycles. The molecule has 0 spiro atoms. The molecular weight excluding hydrogens is 182 g/mol. The average Bonchev–Trinajstić information content (AvgIpc) is 2.26. The van der Waals surface area contributed by atoms with Crippen LogP contribution in [0.4, 0.5) is 0 Å². The lowest BCUT2D eigenvalue weighted by atomic mass is 9.95. The van der Waals surface area contributed by atoms with Crippen LogP contribution in [0.2, 0.25) is 0 Å². The Hall–Kier alpha value is -0.300. The van der Waals surface area contributed by atoms with Crippen LogP contribution < -0.4 is 5.32 Å². The van der Waals surface area contributed by atoms with Crippen LogP contribution in [0.25, 0.3) is 0 Å².